The number of alkyl halides is 2. The smallest absolute Gasteiger partial charge is 0.338 e. The van der Waals surface area contributed by atoms with Crippen molar-refractivity contribution in [2.75, 3.05) is 6.61 Å². The molecule has 0 saturated carbocycles. The molecule has 1 rings (SSSR count). The lowest BCUT2D eigenvalue weighted by atomic mass is 10.0. The van der Waals surface area contributed by atoms with Crippen LogP contribution in [0.25, 0.3) is 0 Å². The van der Waals surface area contributed by atoms with Crippen LogP contribution in [-0.2, 0) is 14.9 Å². The Morgan fingerprint density at radius 2 is 2.06 bits per heavy atom. The second-order valence-electron chi connectivity index (χ2n) is 3.74. The number of hydrogen-bond donors (Lipinski definition) is 0. The molecule has 0 aliphatic heterocycles. The Balaban J connectivity index is 3.17. The molecule has 5 heteroatoms. The lowest BCUT2D eigenvalue weighted by Gasteiger charge is -2.11. The van der Waals surface area contributed by atoms with Gasteiger partial charge in [-0.3, -0.25) is 4.79 Å². The highest BCUT2D eigenvalue weighted by atomic mass is 79.9. The van der Waals surface area contributed by atoms with Crippen molar-refractivity contribution in [2.24, 2.45) is 0 Å². The van der Waals surface area contributed by atoms with Gasteiger partial charge in [0, 0.05) is 5.33 Å². The Kier molecular flexibility index (Phi) is 6.02. The number of Topliss-reactive ketones (excluding diaryl/α,β-unsaturated/α-hetero) is 1. The van der Waals surface area contributed by atoms with Gasteiger partial charge in [-0.1, -0.05) is 44.0 Å². The first-order valence-electron chi connectivity index (χ1n) is 5.51. The Bertz CT molecular complexity index is 458. The summed E-state index contributed by atoms with van der Waals surface area (Å²) < 4.78 is 5.01. The summed E-state index contributed by atoms with van der Waals surface area (Å²) in [6, 6.07) is 5.36. The topological polar surface area (TPSA) is 43.4 Å². The monoisotopic (exact) mass is 376 g/mol. The van der Waals surface area contributed by atoms with Gasteiger partial charge in [0.1, 0.15) is 5.78 Å². The first-order valence-corrected chi connectivity index (χ1v) is 7.55. The molecule has 0 saturated heterocycles. The number of carbonyl (C=O) groups excluding carboxylic acids is 2. The fourth-order valence-corrected chi connectivity index (χ4v) is 2.28. The Hall–Kier alpha value is -0.680. The van der Waals surface area contributed by atoms with Crippen LogP contribution in [0.4, 0.5) is 0 Å². The SMILES string of the molecule is CCOC(=O)c1cc(C(Br)C(C)=O)ccc1CBr. The van der Waals surface area contributed by atoms with Gasteiger partial charge in [-0.05, 0) is 31.0 Å². The van der Waals surface area contributed by atoms with Gasteiger partial charge in [-0.25, -0.2) is 4.79 Å². The van der Waals surface area contributed by atoms with Gasteiger partial charge in [-0.15, -0.1) is 0 Å². The quantitative estimate of drug-likeness (QED) is 0.579. The number of carbonyl (C=O) groups is 2. The second kappa shape index (κ2) is 7.04. The third-order valence-electron chi connectivity index (χ3n) is 2.42. The van der Waals surface area contributed by atoms with Crippen LogP contribution in [-0.4, -0.2) is 18.4 Å². The molecule has 1 aromatic rings. The molecule has 1 aromatic carbocycles. The number of esters is 1. The Morgan fingerprint density at radius 1 is 1.39 bits per heavy atom. The first kappa shape index (κ1) is 15.4. The normalized spacial score (nSPS) is 12.0. The zero-order valence-electron chi connectivity index (χ0n) is 10.2. The number of benzene rings is 1. The van der Waals surface area contributed by atoms with Gasteiger partial charge >= 0.3 is 5.97 Å². The molecule has 0 aliphatic rings. The van der Waals surface area contributed by atoms with E-state index in [2.05, 4.69) is 31.9 Å². The van der Waals surface area contributed by atoms with Crippen LogP contribution in [0.2, 0.25) is 0 Å². The van der Waals surface area contributed by atoms with Crippen LogP contribution in [0.15, 0.2) is 18.2 Å². The number of hydrogen-bond acceptors (Lipinski definition) is 3. The maximum Gasteiger partial charge on any atom is 0.338 e. The third-order valence-corrected chi connectivity index (χ3v) is 4.20. The average molecular weight is 378 g/mol. The minimum Gasteiger partial charge on any atom is -0.462 e. The second-order valence-corrected chi connectivity index (χ2v) is 5.22. The summed E-state index contributed by atoms with van der Waals surface area (Å²) in [6.45, 7) is 3.59. The summed E-state index contributed by atoms with van der Waals surface area (Å²) in [7, 11) is 0. The minimum atomic E-state index is -0.393. The Labute approximate surface area is 123 Å². The van der Waals surface area contributed by atoms with Crippen molar-refractivity contribution < 1.29 is 14.3 Å². The fourth-order valence-electron chi connectivity index (χ4n) is 1.50. The van der Waals surface area contributed by atoms with Crippen LogP contribution in [0, 0.1) is 0 Å². The molecule has 0 radical (unpaired) electrons. The highest BCUT2D eigenvalue weighted by Gasteiger charge is 2.18. The van der Waals surface area contributed by atoms with Crippen molar-refractivity contribution in [3.8, 4) is 0 Å². The molecular formula is C13H14Br2O3. The van der Waals surface area contributed by atoms with Crippen LogP contribution in [0.1, 0.15) is 40.2 Å². The van der Waals surface area contributed by atoms with Crippen molar-refractivity contribution in [1.29, 1.82) is 0 Å². The summed E-state index contributed by atoms with van der Waals surface area (Å²) in [5.74, 6) is -0.367. The summed E-state index contributed by atoms with van der Waals surface area (Å²) >= 11 is 6.64. The maximum absolute atomic E-state index is 11.8. The van der Waals surface area contributed by atoms with Crippen molar-refractivity contribution in [2.45, 2.75) is 24.0 Å². The zero-order chi connectivity index (χ0) is 13.7. The number of halogens is 2. The van der Waals surface area contributed by atoms with Crippen molar-refractivity contribution in [1.82, 2.24) is 0 Å². The van der Waals surface area contributed by atoms with E-state index in [0.29, 0.717) is 17.5 Å². The van der Waals surface area contributed by atoms with Crippen LogP contribution in [0.5, 0.6) is 0 Å². The molecule has 1 atom stereocenters. The van der Waals surface area contributed by atoms with E-state index < -0.39 is 4.83 Å². The highest BCUT2D eigenvalue weighted by Crippen LogP contribution is 2.27. The van der Waals surface area contributed by atoms with Crippen molar-refractivity contribution >= 4 is 43.6 Å². The number of ketones is 1. The zero-order valence-corrected chi connectivity index (χ0v) is 13.4. The highest BCUT2D eigenvalue weighted by molar-refractivity contribution is 9.09. The number of rotatable bonds is 5. The third kappa shape index (κ3) is 3.65. The number of ether oxygens (including phenoxy) is 1. The van der Waals surface area contributed by atoms with Gasteiger partial charge < -0.3 is 4.74 Å². The van der Waals surface area contributed by atoms with Gasteiger partial charge in [-0.2, -0.15) is 0 Å². The maximum atomic E-state index is 11.8. The summed E-state index contributed by atoms with van der Waals surface area (Å²) in [5, 5.41) is 0.564. The van der Waals surface area contributed by atoms with Gasteiger partial charge in [0.25, 0.3) is 0 Å². The predicted octanol–water partition coefficient (Wildman–Crippen LogP) is 3.78. The molecule has 0 aromatic heterocycles. The molecule has 98 valence electrons. The lowest BCUT2D eigenvalue weighted by molar-refractivity contribution is -0.116. The molecule has 0 bridgehead atoms. The summed E-state index contributed by atoms with van der Waals surface area (Å²) in [5.41, 5.74) is 2.10. The van der Waals surface area contributed by atoms with Crippen molar-refractivity contribution in [3.63, 3.8) is 0 Å². The predicted molar refractivity (Wildman–Crippen MR) is 77.4 cm³/mol. The largest absolute Gasteiger partial charge is 0.462 e. The molecule has 0 N–H and O–H groups in total. The summed E-state index contributed by atoms with van der Waals surface area (Å²) in [4.78, 5) is 22.8. The van der Waals surface area contributed by atoms with Gasteiger partial charge in [0.15, 0.2) is 0 Å². The molecule has 18 heavy (non-hydrogen) atoms. The van der Waals surface area contributed by atoms with E-state index in [9.17, 15) is 9.59 Å². The average Bonchev–Trinajstić information content (AvgIpc) is 2.37. The first-order chi connectivity index (χ1) is 8.51. The standard InChI is InChI=1S/C13H14Br2O3/c1-3-18-13(17)11-6-9(12(15)8(2)16)4-5-10(11)7-14/h4-6,12H,3,7H2,1-2H3. The molecule has 0 amide bonds. The molecular weight excluding hydrogens is 364 g/mol. The van der Waals surface area contributed by atoms with Gasteiger partial charge in [0.05, 0.1) is 17.0 Å². The molecule has 1 unspecified atom stereocenters. The lowest BCUT2D eigenvalue weighted by Crippen LogP contribution is -2.10. The van der Waals surface area contributed by atoms with Crippen LogP contribution in [0.3, 0.4) is 0 Å². The van der Waals surface area contributed by atoms with E-state index in [1.165, 1.54) is 6.92 Å². The van der Waals surface area contributed by atoms with E-state index in [0.717, 1.165) is 11.1 Å². The molecule has 0 heterocycles. The van der Waals surface area contributed by atoms with Crippen molar-refractivity contribution in [3.05, 3.63) is 34.9 Å². The Morgan fingerprint density at radius 3 is 2.56 bits per heavy atom. The van der Waals surface area contributed by atoms with E-state index in [1.54, 1.807) is 13.0 Å². The molecule has 0 fully saturated rings. The van der Waals surface area contributed by atoms with Crippen LogP contribution >= 0.6 is 31.9 Å². The van der Waals surface area contributed by atoms with Crippen LogP contribution < -0.4 is 0 Å². The molecule has 0 spiro atoms. The molecule has 0 aliphatic carbocycles. The van der Waals surface area contributed by atoms with E-state index in [-0.39, 0.29) is 11.8 Å². The summed E-state index contributed by atoms with van der Waals surface area (Å²) in [6.07, 6.45) is 0. The fraction of sp³-hybridized carbons (Fsp3) is 0.385. The minimum absolute atomic E-state index is 0.00333. The van der Waals surface area contributed by atoms with E-state index >= 15 is 0 Å². The van der Waals surface area contributed by atoms with Gasteiger partial charge in [0.2, 0.25) is 0 Å². The van der Waals surface area contributed by atoms with E-state index in [4.69, 9.17) is 4.74 Å². The molecule has 3 nitrogen and oxygen atoms in total. The van der Waals surface area contributed by atoms with E-state index in [1.807, 2.05) is 12.1 Å².